The summed E-state index contributed by atoms with van der Waals surface area (Å²) in [4.78, 5) is 25.5. The Morgan fingerprint density at radius 1 is 0.962 bits per heavy atom. The van der Waals surface area contributed by atoms with Crippen LogP contribution in [0.4, 0.5) is 0 Å². The molecule has 0 aliphatic heterocycles. The Morgan fingerprint density at radius 2 is 1.42 bits per heavy atom. The summed E-state index contributed by atoms with van der Waals surface area (Å²) in [5, 5.41) is -0.0502. The maximum atomic E-state index is 13.3. The van der Waals surface area contributed by atoms with Crippen LogP contribution in [-0.2, 0) is 9.53 Å². The molecule has 1 aromatic carbocycles. The van der Waals surface area contributed by atoms with Crippen LogP contribution in [0.2, 0.25) is 0 Å². The number of carbonyl (C=O) groups excluding carboxylic acids is 2. The number of ether oxygens (including phenoxy) is 1. The largest absolute Gasteiger partial charge is 0.465 e. The lowest BCUT2D eigenvalue weighted by Gasteiger charge is -2.25. The molecule has 0 aliphatic rings. The third-order valence-corrected chi connectivity index (χ3v) is 5.52. The third-order valence-electron chi connectivity index (χ3n) is 4.45. The molecule has 0 fully saturated rings. The molecule has 4 heteroatoms. The molecule has 0 amide bonds. The van der Waals surface area contributed by atoms with Gasteiger partial charge in [-0.3, -0.25) is 9.59 Å². The van der Waals surface area contributed by atoms with Crippen molar-refractivity contribution < 1.29 is 14.3 Å². The van der Waals surface area contributed by atoms with Crippen molar-refractivity contribution in [1.29, 1.82) is 0 Å². The summed E-state index contributed by atoms with van der Waals surface area (Å²) in [6, 6.07) is 4.32. The summed E-state index contributed by atoms with van der Waals surface area (Å²) < 4.78 is 4.23. The molecule has 0 spiro atoms. The van der Waals surface area contributed by atoms with Gasteiger partial charge < -0.3 is 4.74 Å². The van der Waals surface area contributed by atoms with Crippen LogP contribution in [0, 0.1) is 0 Å². The van der Waals surface area contributed by atoms with Crippen molar-refractivity contribution in [1.82, 2.24) is 0 Å². The second-order valence-corrected chi connectivity index (χ2v) is 9.75. The van der Waals surface area contributed by atoms with Crippen LogP contribution < -0.4 is 0 Å². The van der Waals surface area contributed by atoms with Gasteiger partial charge in [-0.25, -0.2) is 0 Å². The minimum Gasteiger partial charge on any atom is -0.465 e. The highest BCUT2D eigenvalue weighted by Crippen LogP contribution is 2.37. The van der Waals surface area contributed by atoms with Gasteiger partial charge in [0.2, 0.25) is 5.12 Å². The molecule has 0 heterocycles. The van der Waals surface area contributed by atoms with Crippen molar-refractivity contribution in [2.75, 3.05) is 6.61 Å². The summed E-state index contributed by atoms with van der Waals surface area (Å²) in [5.41, 5.74) is 4.15. The first kappa shape index (κ1) is 22.8. The molecule has 1 aromatic rings. The molecule has 0 N–H and O–H groups in total. The number of benzene rings is 1. The molecule has 26 heavy (non-hydrogen) atoms. The average Bonchev–Trinajstić information content (AvgIpc) is 2.52. The second kappa shape index (κ2) is 9.07. The molecule has 0 unspecified atom stereocenters. The molecule has 1 rings (SSSR count). The van der Waals surface area contributed by atoms with Gasteiger partial charge in [0.15, 0.2) is 0 Å². The number of hydrogen-bond acceptors (Lipinski definition) is 4. The van der Waals surface area contributed by atoms with E-state index in [9.17, 15) is 9.59 Å². The summed E-state index contributed by atoms with van der Waals surface area (Å²) in [6.45, 7) is 18.4. The number of thioether (sulfide) groups is 1. The van der Waals surface area contributed by atoms with Gasteiger partial charge in [0, 0.05) is 5.56 Å². The molecule has 146 valence electrons. The SMILES string of the molecule is CCOC(=O)C(C)(C)SC(=O)c1c(C(C)C)cc(C(C)C)cc1C(C)C. The highest BCUT2D eigenvalue weighted by Gasteiger charge is 2.35. The summed E-state index contributed by atoms with van der Waals surface area (Å²) >= 11 is 1.07. The lowest BCUT2D eigenvalue weighted by molar-refractivity contribution is -0.145. The molecule has 3 nitrogen and oxygen atoms in total. The van der Waals surface area contributed by atoms with Gasteiger partial charge in [-0.1, -0.05) is 65.4 Å². The van der Waals surface area contributed by atoms with Crippen molar-refractivity contribution in [3.63, 3.8) is 0 Å². The Bertz CT molecular complexity index is 628. The van der Waals surface area contributed by atoms with E-state index in [1.807, 2.05) is 0 Å². The van der Waals surface area contributed by atoms with Crippen molar-refractivity contribution in [3.8, 4) is 0 Å². The van der Waals surface area contributed by atoms with Crippen molar-refractivity contribution in [2.45, 2.75) is 84.8 Å². The van der Waals surface area contributed by atoms with Crippen molar-refractivity contribution in [3.05, 3.63) is 34.4 Å². The monoisotopic (exact) mass is 378 g/mol. The molecule has 0 bridgehead atoms. The van der Waals surface area contributed by atoms with Gasteiger partial charge >= 0.3 is 5.97 Å². The standard InChI is InChI=1S/C22H34O3S/c1-10-25-21(24)22(8,9)26-20(23)19-17(14(4)5)11-16(13(2)3)12-18(19)15(6)7/h11-15H,10H2,1-9H3. The lowest BCUT2D eigenvalue weighted by atomic mass is 9.85. The molecule has 0 saturated heterocycles. The maximum absolute atomic E-state index is 13.3. The van der Waals surface area contributed by atoms with Gasteiger partial charge in [0.25, 0.3) is 0 Å². The zero-order valence-corrected chi connectivity index (χ0v) is 18.5. The Balaban J connectivity index is 3.45. The van der Waals surface area contributed by atoms with Gasteiger partial charge in [0.1, 0.15) is 4.75 Å². The van der Waals surface area contributed by atoms with Gasteiger partial charge in [0.05, 0.1) is 6.61 Å². The second-order valence-electron chi connectivity index (χ2n) is 8.16. The molecule has 0 radical (unpaired) electrons. The number of esters is 1. The molecule has 0 aromatic heterocycles. The van der Waals surface area contributed by atoms with E-state index in [0.29, 0.717) is 12.5 Å². The van der Waals surface area contributed by atoms with Crippen LogP contribution in [0.5, 0.6) is 0 Å². The Kier molecular flexibility index (Phi) is 7.94. The fraction of sp³-hybridized carbons (Fsp3) is 0.636. The molecular weight excluding hydrogens is 344 g/mol. The number of hydrogen-bond donors (Lipinski definition) is 0. The molecule has 0 aliphatic carbocycles. The third kappa shape index (κ3) is 5.35. The van der Waals surface area contributed by atoms with E-state index in [-0.39, 0.29) is 22.9 Å². The number of carbonyl (C=O) groups is 2. The predicted octanol–water partition coefficient (Wildman–Crippen LogP) is 6.27. The first-order valence-corrected chi connectivity index (χ1v) is 10.3. The Hall–Kier alpha value is -1.29. The summed E-state index contributed by atoms with van der Waals surface area (Å²) in [5.74, 6) is 0.514. The van der Waals surface area contributed by atoms with E-state index in [1.165, 1.54) is 5.56 Å². The smallest absolute Gasteiger partial charge is 0.322 e. The fourth-order valence-corrected chi connectivity index (χ4v) is 3.76. The number of rotatable bonds is 7. The fourth-order valence-electron chi connectivity index (χ4n) is 2.82. The van der Waals surface area contributed by atoms with Crippen LogP contribution in [0.25, 0.3) is 0 Å². The van der Waals surface area contributed by atoms with Crippen LogP contribution in [0.3, 0.4) is 0 Å². The van der Waals surface area contributed by atoms with E-state index >= 15 is 0 Å². The van der Waals surface area contributed by atoms with Gasteiger partial charge in [-0.2, -0.15) is 0 Å². The van der Waals surface area contributed by atoms with E-state index < -0.39 is 4.75 Å². The topological polar surface area (TPSA) is 43.4 Å². The first-order chi connectivity index (χ1) is 11.9. The predicted molar refractivity (Wildman–Crippen MR) is 111 cm³/mol. The van der Waals surface area contributed by atoms with Crippen molar-refractivity contribution in [2.24, 2.45) is 0 Å². The Labute approximate surface area is 163 Å². The minimum atomic E-state index is -0.910. The van der Waals surface area contributed by atoms with E-state index in [4.69, 9.17) is 4.74 Å². The first-order valence-electron chi connectivity index (χ1n) is 9.50. The van der Waals surface area contributed by atoms with E-state index in [1.54, 1.807) is 20.8 Å². The van der Waals surface area contributed by atoms with Crippen LogP contribution in [0.1, 0.15) is 107 Å². The van der Waals surface area contributed by atoms with Gasteiger partial charge in [-0.15, -0.1) is 0 Å². The lowest BCUT2D eigenvalue weighted by Crippen LogP contribution is -2.32. The normalized spacial score (nSPS) is 12.2. The van der Waals surface area contributed by atoms with Gasteiger partial charge in [-0.05, 0) is 55.2 Å². The highest BCUT2D eigenvalue weighted by atomic mass is 32.2. The molecule has 0 atom stereocenters. The zero-order valence-electron chi connectivity index (χ0n) is 17.7. The minimum absolute atomic E-state index is 0.0502. The van der Waals surface area contributed by atoms with E-state index in [2.05, 4.69) is 53.7 Å². The highest BCUT2D eigenvalue weighted by molar-refractivity contribution is 8.15. The Morgan fingerprint density at radius 3 is 1.77 bits per heavy atom. The summed E-state index contributed by atoms with van der Waals surface area (Å²) in [6.07, 6.45) is 0. The molecular formula is C22H34O3S. The zero-order chi connectivity index (χ0) is 20.2. The van der Waals surface area contributed by atoms with Crippen LogP contribution in [0.15, 0.2) is 12.1 Å². The van der Waals surface area contributed by atoms with Crippen LogP contribution >= 0.6 is 11.8 Å². The molecule has 0 saturated carbocycles. The van der Waals surface area contributed by atoms with E-state index in [0.717, 1.165) is 28.5 Å². The quantitative estimate of drug-likeness (QED) is 0.524. The van der Waals surface area contributed by atoms with Crippen molar-refractivity contribution >= 4 is 22.8 Å². The maximum Gasteiger partial charge on any atom is 0.322 e. The van der Waals surface area contributed by atoms with Crippen LogP contribution in [-0.4, -0.2) is 22.4 Å². The summed E-state index contributed by atoms with van der Waals surface area (Å²) in [7, 11) is 0. The average molecular weight is 379 g/mol.